The fourth-order valence-corrected chi connectivity index (χ4v) is 4.35. The summed E-state index contributed by atoms with van der Waals surface area (Å²) in [6.07, 6.45) is 2.27. The van der Waals surface area contributed by atoms with Gasteiger partial charge in [0.2, 0.25) is 11.8 Å². The molecule has 30 heavy (non-hydrogen) atoms. The summed E-state index contributed by atoms with van der Waals surface area (Å²) in [5.41, 5.74) is 6.20. The zero-order chi connectivity index (χ0) is 20.5. The highest BCUT2D eigenvalue weighted by molar-refractivity contribution is 5.82. The van der Waals surface area contributed by atoms with Crippen molar-refractivity contribution in [3.63, 3.8) is 0 Å². The molecule has 3 aromatic carbocycles. The van der Waals surface area contributed by atoms with Crippen molar-refractivity contribution < 1.29 is 9.21 Å². The van der Waals surface area contributed by atoms with Crippen LogP contribution < -0.4 is 0 Å². The van der Waals surface area contributed by atoms with Crippen LogP contribution in [0.1, 0.15) is 35.9 Å². The van der Waals surface area contributed by atoms with Crippen molar-refractivity contribution in [2.24, 2.45) is 0 Å². The first-order valence-corrected chi connectivity index (χ1v) is 10.5. The molecule has 1 fully saturated rings. The fraction of sp³-hybridized carbons (Fsp3) is 0.231. The molecule has 0 N–H and O–H groups in total. The lowest BCUT2D eigenvalue weighted by atomic mass is 10.0. The summed E-state index contributed by atoms with van der Waals surface area (Å²) in [6.45, 7) is 2.87. The topological polar surface area (TPSA) is 46.3 Å². The number of likely N-dealkylation sites (tertiary alicyclic amines) is 1. The van der Waals surface area contributed by atoms with Gasteiger partial charge in [0.05, 0.1) is 6.42 Å². The van der Waals surface area contributed by atoms with Gasteiger partial charge in [0.15, 0.2) is 5.58 Å². The van der Waals surface area contributed by atoms with Crippen LogP contribution in [0.4, 0.5) is 0 Å². The predicted molar refractivity (Wildman–Crippen MR) is 118 cm³/mol. The molecule has 2 heterocycles. The second-order valence-corrected chi connectivity index (χ2v) is 7.96. The summed E-state index contributed by atoms with van der Waals surface area (Å²) in [7, 11) is 0. The summed E-state index contributed by atoms with van der Waals surface area (Å²) in [4.78, 5) is 19.7. The Morgan fingerprint density at radius 1 is 1.07 bits per heavy atom. The predicted octanol–water partition coefficient (Wildman–Crippen LogP) is 5.71. The van der Waals surface area contributed by atoms with E-state index in [2.05, 4.69) is 37.3 Å². The molecule has 5 rings (SSSR count). The Bertz CT molecular complexity index is 1200. The molecule has 1 saturated heterocycles. The van der Waals surface area contributed by atoms with Crippen molar-refractivity contribution in [3.8, 4) is 11.1 Å². The van der Waals surface area contributed by atoms with Crippen molar-refractivity contribution >= 4 is 17.0 Å². The van der Waals surface area contributed by atoms with Gasteiger partial charge in [-0.2, -0.15) is 0 Å². The third-order valence-corrected chi connectivity index (χ3v) is 5.92. The van der Waals surface area contributed by atoms with E-state index in [9.17, 15) is 4.79 Å². The highest BCUT2D eigenvalue weighted by Crippen LogP contribution is 2.35. The maximum Gasteiger partial charge on any atom is 0.227 e. The van der Waals surface area contributed by atoms with E-state index >= 15 is 0 Å². The van der Waals surface area contributed by atoms with Crippen LogP contribution in [0.3, 0.4) is 0 Å². The van der Waals surface area contributed by atoms with Gasteiger partial charge in [-0.1, -0.05) is 60.7 Å². The molecule has 150 valence electrons. The number of hydrogen-bond donors (Lipinski definition) is 0. The van der Waals surface area contributed by atoms with Crippen LogP contribution in [0.2, 0.25) is 0 Å². The molecule has 0 bridgehead atoms. The normalized spacial score (nSPS) is 16.3. The number of aromatic nitrogens is 1. The van der Waals surface area contributed by atoms with Crippen LogP contribution >= 0.6 is 0 Å². The summed E-state index contributed by atoms with van der Waals surface area (Å²) >= 11 is 0. The standard InChI is InChI=1S/C26H24N2O2/c1-18-8-5-6-11-21(18)20-13-14-24-22(17-20)27-26(30-24)23-12-7-15-28(23)25(29)16-19-9-3-2-4-10-19/h2-6,8-11,13-14,17,23H,7,12,15-16H2,1H3/t23-/m1/s1. The summed E-state index contributed by atoms with van der Waals surface area (Å²) in [5.74, 6) is 0.775. The minimum Gasteiger partial charge on any atom is -0.438 e. The monoisotopic (exact) mass is 396 g/mol. The maximum atomic E-state index is 12.9. The Hall–Kier alpha value is -3.40. The van der Waals surface area contributed by atoms with Crippen LogP contribution in [-0.4, -0.2) is 22.3 Å². The van der Waals surface area contributed by atoms with E-state index in [1.54, 1.807) is 0 Å². The number of carbonyl (C=O) groups excluding carboxylic acids is 1. The SMILES string of the molecule is Cc1ccccc1-c1ccc2oc([C@H]3CCCN3C(=O)Cc3ccccc3)nc2c1. The highest BCUT2D eigenvalue weighted by Gasteiger charge is 2.33. The molecule has 0 saturated carbocycles. The maximum absolute atomic E-state index is 12.9. The molecule has 1 aliphatic rings. The van der Waals surface area contributed by atoms with E-state index in [-0.39, 0.29) is 11.9 Å². The second kappa shape index (κ2) is 7.79. The first-order valence-electron chi connectivity index (χ1n) is 10.5. The lowest BCUT2D eigenvalue weighted by Gasteiger charge is -2.22. The molecule has 0 spiro atoms. The largest absolute Gasteiger partial charge is 0.438 e. The van der Waals surface area contributed by atoms with Gasteiger partial charge >= 0.3 is 0 Å². The number of nitrogens with zero attached hydrogens (tertiary/aromatic N) is 2. The molecule has 0 unspecified atom stereocenters. The molecular formula is C26H24N2O2. The van der Waals surface area contributed by atoms with Crippen LogP contribution in [-0.2, 0) is 11.2 Å². The Morgan fingerprint density at radius 3 is 2.70 bits per heavy atom. The van der Waals surface area contributed by atoms with Gasteiger partial charge in [0, 0.05) is 6.54 Å². The van der Waals surface area contributed by atoms with Crippen LogP contribution in [0.5, 0.6) is 0 Å². The van der Waals surface area contributed by atoms with Gasteiger partial charge in [0.25, 0.3) is 0 Å². The number of benzene rings is 3. The Labute approximate surface area is 176 Å². The smallest absolute Gasteiger partial charge is 0.227 e. The summed E-state index contributed by atoms with van der Waals surface area (Å²) in [5, 5.41) is 0. The molecule has 0 radical (unpaired) electrons. The van der Waals surface area contributed by atoms with Crippen molar-refractivity contribution in [2.45, 2.75) is 32.2 Å². The van der Waals surface area contributed by atoms with Crippen molar-refractivity contribution in [3.05, 3.63) is 89.8 Å². The Balaban J connectivity index is 1.42. The zero-order valence-corrected chi connectivity index (χ0v) is 17.0. The molecule has 4 aromatic rings. The minimum absolute atomic E-state index is 0.0875. The molecular weight excluding hydrogens is 372 g/mol. The molecule has 1 amide bonds. The van der Waals surface area contributed by atoms with Crippen molar-refractivity contribution in [1.29, 1.82) is 0 Å². The van der Waals surface area contributed by atoms with E-state index in [0.717, 1.165) is 41.6 Å². The van der Waals surface area contributed by atoms with Gasteiger partial charge < -0.3 is 9.32 Å². The van der Waals surface area contributed by atoms with Crippen LogP contribution in [0.25, 0.3) is 22.2 Å². The Morgan fingerprint density at radius 2 is 1.87 bits per heavy atom. The first-order chi connectivity index (χ1) is 14.7. The number of hydrogen-bond acceptors (Lipinski definition) is 3. The third-order valence-electron chi connectivity index (χ3n) is 5.92. The quantitative estimate of drug-likeness (QED) is 0.444. The van der Waals surface area contributed by atoms with Gasteiger partial charge in [-0.25, -0.2) is 4.98 Å². The third kappa shape index (κ3) is 3.50. The van der Waals surface area contributed by atoms with Crippen LogP contribution in [0, 0.1) is 6.92 Å². The lowest BCUT2D eigenvalue weighted by Crippen LogP contribution is -2.32. The van der Waals surface area contributed by atoms with E-state index in [1.807, 2.05) is 47.4 Å². The fourth-order valence-electron chi connectivity index (χ4n) is 4.35. The van der Waals surface area contributed by atoms with Crippen molar-refractivity contribution in [2.75, 3.05) is 6.54 Å². The van der Waals surface area contributed by atoms with Gasteiger partial charge in [-0.15, -0.1) is 0 Å². The van der Waals surface area contributed by atoms with E-state index in [4.69, 9.17) is 9.40 Å². The summed E-state index contributed by atoms with van der Waals surface area (Å²) in [6, 6.07) is 24.3. The highest BCUT2D eigenvalue weighted by atomic mass is 16.3. The lowest BCUT2D eigenvalue weighted by molar-refractivity contribution is -0.131. The minimum atomic E-state index is -0.0875. The van der Waals surface area contributed by atoms with Crippen LogP contribution in [0.15, 0.2) is 77.2 Å². The molecule has 1 atom stereocenters. The van der Waals surface area contributed by atoms with E-state index in [0.29, 0.717) is 12.3 Å². The number of fused-ring (bicyclic) bond motifs is 1. The Kier molecular flexibility index (Phi) is 4.83. The molecule has 1 aromatic heterocycles. The molecule has 4 nitrogen and oxygen atoms in total. The van der Waals surface area contributed by atoms with E-state index < -0.39 is 0 Å². The molecule has 4 heteroatoms. The average molecular weight is 396 g/mol. The van der Waals surface area contributed by atoms with Gasteiger partial charge in [-0.3, -0.25) is 4.79 Å². The number of rotatable bonds is 4. The number of oxazole rings is 1. The number of amides is 1. The van der Waals surface area contributed by atoms with Gasteiger partial charge in [-0.05, 0) is 54.2 Å². The zero-order valence-electron chi connectivity index (χ0n) is 17.0. The first kappa shape index (κ1) is 18.6. The average Bonchev–Trinajstić information content (AvgIpc) is 3.41. The van der Waals surface area contributed by atoms with E-state index in [1.165, 1.54) is 11.1 Å². The molecule has 0 aliphatic carbocycles. The summed E-state index contributed by atoms with van der Waals surface area (Å²) < 4.78 is 6.10. The van der Waals surface area contributed by atoms with Crippen molar-refractivity contribution in [1.82, 2.24) is 9.88 Å². The molecule has 1 aliphatic heterocycles. The number of aryl methyl sites for hydroxylation is 1. The second-order valence-electron chi connectivity index (χ2n) is 7.96. The van der Waals surface area contributed by atoms with Gasteiger partial charge in [0.1, 0.15) is 11.6 Å². The number of carbonyl (C=O) groups is 1.